The summed E-state index contributed by atoms with van der Waals surface area (Å²) in [6.07, 6.45) is 1.99. The second kappa shape index (κ2) is 5.09. The lowest BCUT2D eigenvalue weighted by Crippen LogP contribution is -2.15. The van der Waals surface area contributed by atoms with Gasteiger partial charge in [-0.1, -0.05) is 6.07 Å². The Labute approximate surface area is 118 Å². The lowest BCUT2D eigenvalue weighted by Gasteiger charge is -2.04. The number of aromatic nitrogens is 4. The Kier molecular flexibility index (Phi) is 3.28. The molecule has 1 N–H and O–H groups in total. The Hall–Kier alpha value is -2.14. The van der Waals surface area contributed by atoms with Crippen molar-refractivity contribution in [3.63, 3.8) is 0 Å². The predicted molar refractivity (Wildman–Crippen MR) is 78.4 cm³/mol. The molecule has 0 saturated heterocycles. The van der Waals surface area contributed by atoms with Crippen LogP contribution in [-0.4, -0.2) is 19.2 Å². The maximum Gasteiger partial charge on any atom is 0.160 e. The van der Waals surface area contributed by atoms with E-state index in [0.717, 1.165) is 18.0 Å². The molecule has 0 aliphatic rings. The van der Waals surface area contributed by atoms with Crippen molar-refractivity contribution < 1.29 is 0 Å². The van der Waals surface area contributed by atoms with Crippen LogP contribution in [0.1, 0.15) is 22.8 Å². The Bertz CT molecular complexity index is 738. The molecule has 5 nitrogen and oxygen atoms in total. The predicted octanol–water partition coefficient (Wildman–Crippen LogP) is 1.97. The zero-order valence-corrected chi connectivity index (χ0v) is 12.1. The highest BCUT2D eigenvalue weighted by Crippen LogP contribution is 2.13. The molecule has 0 aliphatic carbocycles. The molecule has 20 heavy (non-hydrogen) atoms. The molecule has 3 rings (SSSR count). The fraction of sp³-hybridized carbons (Fsp3) is 0.333. The summed E-state index contributed by atoms with van der Waals surface area (Å²) < 4.78 is 4.22. The number of rotatable bonds is 4. The maximum atomic E-state index is 4.22. The molecule has 3 aromatic heterocycles. The first-order chi connectivity index (χ1) is 9.66. The number of pyridine rings is 1. The van der Waals surface area contributed by atoms with E-state index < -0.39 is 0 Å². The number of fused-ring (bicyclic) bond motifs is 1. The van der Waals surface area contributed by atoms with Gasteiger partial charge in [0.25, 0.3) is 0 Å². The lowest BCUT2D eigenvalue weighted by atomic mass is 10.2. The van der Waals surface area contributed by atoms with Crippen molar-refractivity contribution in [1.29, 1.82) is 0 Å². The number of hydrogen-bond acceptors (Lipinski definition) is 3. The molecule has 0 aromatic carbocycles. The molecular weight excluding hydrogens is 250 g/mol. The largest absolute Gasteiger partial charge is 0.352 e. The van der Waals surface area contributed by atoms with Crippen LogP contribution in [0.4, 0.5) is 0 Å². The van der Waals surface area contributed by atoms with E-state index in [2.05, 4.69) is 47.0 Å². The van der Waals surface area contributed by atoms with Crippen LogP contribution in [0.5, 0.6) is 0 Å². The molecular formula is C15H19N5. The molecule has 104 valence electrons. The summed E-state index contributed by atoms with van der Waals surface area (Å²) in [7, 11) is 2.10. The third-order valence-electron chi connectivity index (χ3n) is 3.86. The summed E-state index contributed by atoms with van der Waals surface area (Å²) >= 11 is 0. The van der Waals surface area contributed by atoms with Crippen molar-refractivity contribution in [3.05, 3.63) is 53.2 Å². The summed E-state index contributed by atoms with van der Waals surface area (Å²) in [6, 6.07) is 8.15. The van der Waals surface area contributed by atoms with Gasteiger partial charge in [0.15, 0.2) is 11.5 Å². The molecule has 0 fully saturated rings. The molecule has 0 aliphatic heterocycles. The summed E-state index contributed by atoms with van der Waals surface area (Å²) in [5.41, 5.74) is 4.81. The summed E-state index contributed by atoms with van der Waals surface area (Å²) in [4.78, 5) is 0. The van der Waals surface area contributed by atoms with Crippen molar-refractivity contribution in [3.8, 4) is 0 Å². The van der Waals surface area contributed by atoms with Gasteiger partial charge < -0.3 is 9.88 Å². The van der Waals surface area contributed by atoms with E-state index in [0.29, 0.717) is 6.54 Å². The zero-order chi connectivity index (χ0) is 14.1. The average Bonchev–Trinajstić information content (AvgIpc) is 2.97. The van der Waals surface area contributed by atoms with Crippen LogP contribution in [0.2, 0.25) is 0 Å². The second-order valence-corrected chi connectivity index (χ2v) is 5.10. The van der Waals surface area contributed by atoms with Gasteiger partial charge in [-0.15, -0.1) is 10.2 Å². The Morgan fingerprint density at radius 1 is 1.15 bits per heavy atom. The normalized spacial score (nSPS) is 11.3. The standard InChI is InChI=1S/C15H19N5/c1-11-8-13(12(2)19(11)3)9-16-10-15-18-17-14-6-4-5-7-20(14)15/h4-8,16H,9-10H2,1-3H3. The molecule has 3 heterocycles. The van der Waals surface area contributed by atoms with Gasteiger partial charge in [-0.05, 0) is 37.6 Å². The van der Waals surface area contributed by atoms with Crippen LogP contribution >= 0.6 is 0 Å². The van der Waals surface area contributed by atoms with Gasteiger partial charge >= 0.3 is 0 Å². The summed E-state index contributed by atoms with van der Waals surface area (Å²) in [5.74, 6) is 0.936. The fourth-order valence-electron chi connectivity index (χ4n) is 2.43. The quantitative estimate of drug-likeness (QED) is 0.788. The molecule has 5 heteroatoms. The SMILES string of the molecule is Cc1cc(CNCc2nnc3ccccn23)c(C)n1C. The Morgan fingerprint density at radius 3 is 2.75 bits per heavy atom. The van der Waals surface area contributed by atoms with Gasteiger partial charge in [0, 0.05) is 31.2 Å². The van der Waals surface area contributed by atoms with E-state index in [9.17, 15) is 0 Å². The van der Waals surface area contributed by atoms with Crippen molar-refractivity contribution in [1.82, 2.24) is 24.5 Å². The first-order valence-corrected chi connectivity index (χ1v) is 6.78. The van der Waals surface area contributed by atoms with E-state index in [1.807, 2.05) is 28.8 Å². The summed E-state index contributed by atoms with van der Waals surface area (Å²) in [5, 5.41) is 11.8. The smallest absolute Gasteiger partial charge is 0.160 e. The number of hydrogen-bond donors (Lipinski definition) is 1. The number of aryl methyl sites for hydroxylation is 1. The molecule has 0 atom stereocenters. The van der Waals surface area contributed by atoms with Crippen LogP contribution < -0.4 is 5.32 Å². The molecule has 0 spiro atoms. The molecule has 0 amide bonds. The van der Waals surface area contributed by atoms with Crippen LogP contribution in [0, 0.1) is 13.8 Å². The van der Waals surface area contributed by atoms with Crippen molar-refractivity contribution >= 4 is 5.65 Å². The number of nitrogens with zero attached hydrogens (tertiary/aromatic N) is 4. The first-order valence-electron chi connectivity index (χ1n) is 6.78. The van der Waals surface area contributed by atoms with Crippen LogP contribution in [0.15, 0.2) is 30.5 Å². The molecule has 0 bridgehead atoms. The highest BCUT2D eigenvalue weighted by molar-refractivity contribution is 5.37. The minimum Gasteiger partial charge on any atom is -0.352 e. The lowest BCUT2D eigenvalue weighted by molar-refractivity contribution is 0.653. The van der Waals surface area contributed by atoms with E-state index in [1.54, 1.807) is 0 Å². The third kappa shape index (κ3) is 2.20. The minimum atomic E-state index is 0.707. The van der Waals surface area contributed by atoms with Crippen molar-refractivity contribution in [2.75, 3.05) is 0 Å². The Balaban J connectivity index is 1.69. The van der Waals surface area contributed by atoms with Crippen LogP contribution in [0.25, 0.3) is 5.65 Å². The van der Waals surface area contributed by atoms with Crippen LogP contribution in [-0.2, 0) is 20.1 Å². The van der Waals surface area contributed by atoms with Gasteiger partial charge in [0.05, 0.1) is 6.54 Å². The molecule has 0 saturated carbocycles. The van der Waals surface area contributed by atoms with E-state index in [1.165, 1.54) is 17.0 Å². The van der Waals surface area contributed by atoms with Gasteiger partial charge in [-0.25, -0.2) is 0 Å². The number of nitrogens with one attached hydrogen (secondary N) is 1. The highest BCUT2D eigenvalue weighted by atomic mass is 15.3. The van der Waals surface area contributed by atoms with E-state index in [4.69, 9.17) is 0 Å². The van der Waals surface area contributed by atoms with Gasteiger partial charge in [-0.3, -0.25) is 4.40 Å². The second-order valence-electron chi connectivity index (χ2n) is 5.10. The summed E-state index contributed by atoms with van der Waals surface area (Å²) in [6.45, 7) is 5.83. The first kappa shape index (κ1) is 12.9. The average molecular weight is 269 g/mol. The van der Waals surface area contributed by atoms with Gasteiger partial charge in [0.1, 0.15) is 0 Å². The van der Waals surface area contributed by atoms with Crippen LogP contribution in [0.3, 0.4) is 0 Å². The highest BCUT2D eigenvalue weighted by Gasteiger charge is 2.07. The maximum absolute atomic E-state index is 4.22. The van der Waals surface area contributed by atoms with E-state index >= 15 is 0 Å². The molecule has 0 radical (unpaired) electrons. The molecule has 3 aromatic rings. The van der Waals surface area contributed by atoms with E-state index in [-0.39, 0.29) is 0 Å². The third-order valence-corrected chi connectivity index (χ3v) is 3.86. The Morgan fingerprint density at radius 2 is 2.00 bits per heavy atom. The zero-order valence-electron chi connectivity index (χ0n) is 12.1. The van der Waals surface area contributed by atoms with Gasteiger partial charge in [0.2, 0.25) is 0 Å². The monoisotopic (exact) mass is 269 g/mol. The molecule has 0 unspecified atom stereocenters. The topological polar surface area (TPSA) is 47.1 Å². The fourth-order valence-corrected chi connectivity index (χ4v) is 2.43. The van der Waals surface area contributed by atoms with Crippen molar-refractivity contribution in [2.24, 2.45) is 7.05 Å². The van der Waals surface area contributed by atoms with Gasteiger partial charge in [-0.2, -0.15) is 0 Å². The minimum absolute atomic E-state index is 0.707. The van der Waals surface area contributed by atoms with Crippen molar-refractivity contribution in [2.45, 2.75) is 26.9 Å².